The Kier molecular flexibility index (Phi) is 10.4. The number of carbonyl (C=O) groups excluding carboxylic acids is 1. The first-order valence-electron chi connectivity index (χ1n) is 10.2. The SMILES string of the molecule is CC(C)CCNC(=O)CSc1nc(Cl)cc(N(CCN(C)C)Cc2ccccc2)n1. The van der Waals surface area contributed by atoms with Gasteiger partial charge < -0.3 is 15.1 Å². The summed E-state index contributed by atoms with van der Waals surface area (Å²) < 4.78 is 0. The molecular weight excluding hydrogens is 418 g/mol. The number of amides is 1. The van der Waals surface area contributed by atoms with E-state index in [0.717, 1.165) is 31.9 Å². The Morgan fingerprint density at radius 3 is 2.57 bits per heavy atom. The van der Waals surface area contributed by atoms with Crippen molar-refractivity contribution in [2.75, 3.05) is 44.4 Å². The van der Waals surface area contributed by atoms with Gasteiger partial charge in [-0.1, -0.05) is 67.5 Å². The molecule has 164 valence electrons. The van der Waals surface area contributed by atoms with Crippen molar-refractivity contribution < 1.29 is 4.79 Å². The quantitative estimate of drug-likeness (QED) is 0.300. The molecule has 0 spiro atoms. The van der Waals surface area contributed by atoms with Crippen molar-refractivity contribution in [3.8, 4) is 0 Å². The number of rotatable bonds is 12. The first-order chi connectivity index (χ1) is 14.3. The molecule has 6 nitrogen and oxygen atoms in total. The molecule has 0 aliphatic rings. The van der Waals surface area contributed by atoms with Gasteiger partial charge in [0.15, 0.2) is 5.16 Å². The second-order valence-corrected chi connectivity index (χ2v) is 9.19. The smallest absolute Gasteiger partial charge is 0.230 e. The molecule has 1 N–H and O–H groups in total. The maximum atomic E-state index is 12.1. The molecule has 1 amide bonds. The van der Waals surface area contributed by atoms with E-state index in [1.165, 1.54) is 17.3 Å². The van der Waals surface area contributed by atoms with E-state index in [1.807, 2.05) is 32.3 Å². The van der Waals surface area contributed by atoms with Crippen molar-refractivity contribution in [1.82, 2.24) is 20.2 Å². The lowest BCUT2D eigenvalue weighted by Gasteiger charge is -2.26. The minimum atomic E-state index is -0.0143. The molecule has 0 bridgehead atoms. The molecule has 8 heteroatoms. The molecule has 2 aromatic rings. The average Bonchev–Trinajstić information content (AvgIpc) is 2.69. The van der Waals surface area contributed by atoms with Gasteiger partial charge in [-0.3, -0.25) is 4.79 Å². The minimum Gasteiger partial charge on any atom is -0.355 e. The van der Waals surface area contributed by atoms with E-state index in [4.69, 9.17) is 11.6 Å². The third-order valence-electron chi connectivity index (χ3n) is 4.39. The summed E-state index contributed by atoms with van der Waals surface area (Å²) >= 11 is 7.60. The summed E-state index contributed by atoms with van der Waals surface area (Å²) in [5, 5.41) is 3.83. The van der Waals surface area contributed by atoms with Gasteiger partial charge in [0.05, 0.1) is 5.75 Å². The summed E-state index contributed by atoms with van der Waals surface area (Å²) in [6.45, 7) is 7.37. The van der Waals surface area contributed by atoms with Gasteiger partial charge in [0, 0.05) is 32.2 Å². The van der Waals surface area contributed by atoms with Crippen molar-refractivity contribution in [3.63, 3.8) is 0 Å². The second-order valence-electron chi connectivity index (χ2n) is 7.86. The van der Waals surface area contributed by atoms with Crippen LogP contribution in [0.2, 0.25) is 5.15 Å². The largest absolute Gasteiger partial charge is 0.355 e. The summed E-state index contributed by atoms with van der Waals surface area (Å²) in [6, 6.07) is 12.1. The maximum absolute atomic E-state index is 12.1. The molecule has 0 aliphatic heterocycles. The Morgan fingerprint density at radius 1 is 1.17 bits per heavy atom. The number of nitrogens with zero attached hydrogens (tertiary/aromatic N) is 4. The highest BCUT2D eigenvalue weighted by Gasteiger charge is 2.14. The fourth-order valence-corrected chi connectivity index (χ4v) is 3.60. The summed E-state index contributed by atoms with van der Waals surface area (Å²) in [5.41, 5.74) is 1.20. The number of aromatic nitrogens is 2. The Labute approximate surface area is 189 Å². The first-order valence-corrected chi connectivity index (χ1v) is 11.6. The molecule has 1 aromatic heterocycles. The average molecular weight is 450 g/mol. The van der Waals surface area contributed by atoms with Crippen LogP contribution in [0.15, 0.2) is 41.6 Å². The van der Waals surface area contributed by atoms with Gasteiger partial charge in [-0.15, -0.1) is 0 Å². The zero-order chi connectivity index (χ0) is 21.9. The summed E-state index contributed by atoms with van der Waals surface area (Å²) in [6.07, 6.45) is 0.967. The van der Waals surface area contributed by atoms with E-state index < -0.39 is 0 Å². The fourth-order valence-electron chi connectivity index (χ4n) is 2.69. The van der Waals surface area contributed by atoms with Crippen LogP contribution in [-0.4, -0.2) is 60.3 Å². The third kappa shape index (κ3) is 9.32. The van der Waals surface area contributed by atoms with Crippen LogP contribution in [-0.2, 0) is 11.3 Å². The molecule has 0 unspecified atom stereocenters. The van der Waals surface area contributed by atoms with Crippen molar-refractivity contribution in [2.45, 2.75) is 32.0 Å². The monoisotopic (exact) mass is 449 g/mol. The number of hydrogen-bond acceptors (Lipinski definition) is 6. The van der Waals surface area contributed by atoms with Crippen molar-refractivity contribution in [1.29, 1.82) is 0 Å². The van der Waals surface area contributed by atoms with Crippen LogP contribution in [0.4, 0.5) is 5.82 Å². The molecular formula is C22H32ClN5OS. The van der Waals surface area contributed by atoms with Crippen LogP contribution in [0.3, 0.4) is 0 Å². The Hall–Kier alpha value is -1.83. The molecule has 1 heterocycles. The molecule has 0 radical (unpaired) electrons. The highest BCUT2D eigenvalue weighted by molar-refractivity contribution is 7.99. The predicted octanol–water partition coefficient (Wildman–Crippen LogP) is 3.95. The van der Waals surface area contributed by atoms with E-state index in [2.05, 4.69) is 51.1 Å². The number of benzene rings is 1. The van der Waals surface area contributed by atoms with E-state index >= 15 is 0 Å². The van der Waals surface area contributed by atoms with Gasteiger partial charge in [0.1, 0.15) is 11.0 Å². The van der Waals surface area contributed by atoms with Gasteiger partial charge in [-0.25, -0.2) is 9.97 Å². The maximum Gasteiger partial charge on any atom is 0.230 e. The second kappa shape index (κ2) is 12.8. The number of hydrogen-bond donors (Lipinski definition) is 1. The Bertz CT molecular complexity index is 788. The van der Waals surface area contributed by atoms with Crippen LogP contribution in [0.5, 0.6) is 0 Å². The third-order valence-corrected chi connectivity index (χ3v) is 5.44. The lowest BCUT2D eigenvalue weighted by Crippen LogP contribution is -2.32. The van der Waals surface area contributed by atoms with Crippen LogP contribution in [0.25, 0.3) is 0 Å². The molecule has 0 saturated carbocycles. The molecule has 0 saturated heterocycles. The normalized spacial score (nSPS) is 11.2. The molecule has 0 atom stereocenters. The van der Waals surface area contributed by atoms with Crippen LogP contribution >= 0.6 is 23.4 Å². The van der Waals surface area contributed by atoms with Gasteiger partial charge in [-0.05, 0) is 32.0 Å². The van der Waals surface area contributed by atoms with E-state index in [0.29, 0.717) is 22.8 Å². The van der Waals surface area contributed by atoms with Crippen molar-refractivity contribution in [3.05, 3.63) is 47.1 Å². The van der Waals surface area contributed by atoms with E-state index in [9.17, 15) is 4.79 Å². The number of halogens is 1. The predicted molar refractivity (Wildman–Crippen MR) is 126 cm³/mol. The molecule has 2 rings (SSSR count). The zero-order valence-corrected chi connectivity index (χ0v) is 19.8. The summed E-state index contributed by atoms with van der Waals surface area (Å²) in [4.78, 5) is 25.4. The topological polar surface area (TPSA) is 61.4 Å². The van der Waals surface area contributed by atoms with Crippen LogP contribution in [0.1, 0.15) is 25.8 Å². The van der Waals surface area contributed by atoms with Crippen molar-refractivity contribution >= 4 is 35.1 Å². The molecule has 30 heavy (non-hydrogen) atoms. The van der Waals surface area contributed by atoms with Gasteiger partial charge in [0.2, 0.25) is 5.91 Å². The van der Waals surface area contributed by atoms with Gasteiger partial charge in [-0.2, -0.15) is 0 Å². The molecule has 0 aliphatic carbocycles. The summed E-state index contributed by atoms with van der Waals surface area (Å²) in [7, 11) is 4.10. The number of carbonyl (C=O) groups is 1. The van der Waals surface area contributed by atoms with Crippen LogP contribution < -0.4 is 10.2 Å². The Morgan fingerprint density at radius 2 is 1.90 bits per heavy atom. The Balaban J connectivity index is 2.07. The van der Waals surface area contributed by atoms with E-state index in [-0.39, 0.29) is 11.7 Å². The van der Waals surface area contributed by atoms with Gasteiger partial charge in [0.25, 0.3) is 0 Å². The number of thioether (sulfide) groups is 1. The van der Waals surface area contributed by atoms with Gasteiger partial charge >= 0.3 is 0 Å². The first kappa shape index (κ1) is 24.4. The number of nitrogens with one attached hydrogen (secondary N) is 1. The molecule has 0 fully saturated rings. The number of likely N-dealkylation sites (N-methyl/N-ethyl adjacent to an activating group) is 1. The zero-order valence-electron chi connectivity index (χ0n) is 18.3. The number of anilines is 1. The minimum absolute atomic E-state index is 0.0143. The van der Waals surface area contributed by atoms with Crippen molar-refractivity contribution in [2.24, 2.45) is 5.92 Å². The molecule has 1 aromatic carbocycles. The standard InChI is InChI=1S/C22H32ClN5OS/c1-17(2)10-11-24-21(29)16-30-22-25-19(23)14-20(26-22)28(13-12-27(3)4)15-18-8-6-5-7-9-18/h5-9,14,17H,10-13,15-16H2,1-4H3,(H,24,29). The lowest BCUT2D eigenvalue weighted by molar-refractivity contribution is -0.118. The highest BCUT2D eigenvalue weighted by atomic mass is 35.5. The lowest BCUT2D eigenvalue weighted by atomic mass is 10.1. The van der Waals surface area contributed by atoms with Crippen LogP contribution in [0, 0.1) is 5.92 Å². The highest BCUT2D eigenvalue weighted by Crippen LogP contribution is 2.23. The summed E-state index contributed by atoms with van der Waals surface area (Å²) in [5.74, 6) is 1.59. The van der Waals surface area contributed by atoms with E-state index in [1.54, 1.807) is 6.07 Å². The fraction of sp³-hybridized carbons (Fsp3) is 0.500.